The molecule has 0 aromatic heterocycles. The normalized spacial score (nSPS) is 25.2. The molecule has 0 aromatic carbocycles. The van der Waals surface area contributed by atoms with Crippen LogP contribution in [-0.2, 0) is 9.59 Å². The summed E-state index contributed by atoms with van der Waals surface area (Å²) in [5.74, 6) is -0.481. The fourth-order valence-electron chi connectivity index (χ4n) is 2.40. The van der Waals surface area contributed by atoms with Gasteiger partial charge in [-0.2, -0.15) is 0 Å². The number of piperazine rings is 1. The predicted molar refractivity (Wildman–Crippen MR) is 75.6 cm³/mol. The highest BCUT2D eigenvalue weighted by atomic mass is 35.5. The molecule has 2 heterocycles. The molecule has 2 aliphatic heterocycles. The Bertz CT molecular complexity index is 427. The van der Waals surface area contributed by atoms with E-state index >= 15 is 0 Å². The van der Waals surface area contributed by atoms with E-state index in [1.807, 2.05) is 6.92 Å². The van der Waals surface area contributed by atoms with Crippen molar-refractivity contribution in [2.45, 2.75) is 32.4 Å². The van der Waals surface area contributed by atoms with Gasteiger partial charge in [0.25, 0.3) is 5.91 Å². The van der Waals surface area contributed by atoms with Crippen molar-refractivity contribution in [1.82, 2.24) is 20.4 Å². The predicted octanol–water partition coefficient (Wildman–Crippen LogP) is -0.441. The van der Waals surface area contributed by atoms with Gasteiger partial charge in [-0.1, -0.05) is 0 Å². The van der Waals surface area contributed by atoms with Gasteiger partial charge in [0, 0.05) is 25.7 Å². The van der Waals surface area contributed by atoms with Crippen LogP contribution in [0, 0.1) is 0 Å². The van der Waals surface area contributed by atoms with Crippen molar-refractivity contribution in [3.05, 3.63) is 0 Å². The number of halogens is 1. The molecule has 0 spiro atoms. The molecule has 2 saturated heterocycles. The summed E-state index contributed by atoms with van der Waals surface area (Å²) in [6, 6.07) is -0.392. The minimum atomic E-state index is -0.968. The van der Waals surface area contributed by atoms with Crippen molar-refractivity contribution in [2.75, 3.05) is 26.2 Å². The van der Waals surface area contributed by atoms with Crippen LogP contribution in [0.25, 0.3) is 0 Å². The van der Waals surface area contributed by atoms with Crippen LogP contribution in [0.3, 0.4) is 0 Å². The largest absolute Gasteiger partial charge is 0.336 e. The first-order chi connectivity index (χ1) is 8.84. The van der Waals surface area contributed by atoms with Crippen LogP contribution in [0.1, 0.15) is 20.8 Å². The van der Waals surface area contributed by atoms with Crippen LogP contribution in [0.2, 0.25) is 0 Å². The second kappa shape index (κ2) is 5.97. The number of carbonyl (C=O) groups excluding carboxylic acids is 3. The Hall–Kier alpha value is -1.34. The first-order valence-electron chi connectivity index (χ1n) is 6.47. The van der Waals surface area contributed by atoms with E-state index in [-0.39, 0.29) is 36.8 Å². The summed E-state index contributed by atoms with van der Waals surface area (Å²) in [7, 11) is 0. The van der Waals surface area contributed by atoms with Crippen molar-refractivity contribution in [3.63, 3.8) is 0 Å². The molecular weight excluding hydrogens is 284 g/mol. The summed E-state index contributed by atoms with van der Waals surface area (Å²) in [4.78, 5) is 38.7. The fraction of sp³-hybridized carbons (Fsp3) is 0.750. The fourth-order valence-corrected chi connectivity index (χ4v) is 2.40. The Balaban J connectivity index is 0.00000200. The van der Waals surface area contributed by atoms with E-state index in [0.29, 0.717) is 6.54 Å². The zero-order chi connectivity index (χ0) is 14.2. The van der Waals surface area contributed by atoms with Crippen LogP contribution >= 0.6 is 12.4 Å². The lowest BCUT2D eigenvalue weighted by Crippen LogP contribution is -2.56. The molecular formula is C12H21ClN4O3. The topological polar surface area (TPSA) is 81.8 Å². The van der Waals surface area contributed by atoms with Crippen molar-refractivity contribution >= 4 is 30.3 Å². The Morgan fingerprint density at radius 3 is 2.55 bits per heavy atom. The number of nitrogens with one attached hydrogen (secondary N) is 2. The second-order valence-electron chi connectivity index (χ2n) is 5.54. The molecule has 0 aromatic rings. The van der Waals surface area contributed by atoms with Crippen LogP contribution in [-0.4, -0.2) is 65.4 Å². The highest BCUT2D eigenvalue weighted by Gasteiger charge is 2.46. The van der Waals surface area contributed by atoms with Gasteiger partial charge in [0.05, 0.1) is 0 Å². The Morgan fingerprint density at radius 1 is 1.40 bits per heavy atom. The van der Waals surface area contributed by atoms with Crippen LogP contribution in [0.4, 0.5) is 4.79 Å². The first kappa shape index (κ1) is 16.7. The minimum Gasteiger partial charge on any atom is -0.336 e. The highest BCUT2D eigenvalue weighted by Crippen LogP contribution is 2.21. The molecule has 0 saturated carbocycles. The number of hydrogen-bond acceptors (Lipinski definition) is 4. The van der Waals surface area contributed by atoms with Gasteiger partial charge in [-0.15, -0.1) is 12.4 Å². The van der Waals surface area contributed by atoms with Gasteiger partial charge in [-0.3, -0.25) is 14.9 Å². The Morgan fingerprint density at radius 2 is 2.05 bits per heavy atom. The average molecular weight is 305 g/mol. The number of hydrogen-bond donors (Lipinski definition) is 2. The maximum absolute atomic E-state index is 12.3. The minimum absolute atomic E-state index is 0. The SMILES string of the molecule is C[C@@H]1CNCCN1C(=O)CN1C(=O)NC(=O)C1(C)C.Cl. The smallest absolute Gasteiger partial charge is 0.325 e. The zero-order valence-electron chi connectivity index (χ0n) is 11.9. The Kier molecular flexibility index (Phi) is 4.99. The molecule has 2 N–H and O–H groups in total. The van der Waals surface area contributed by atoms with Crippen molar-refractivity contribution in [1.29, 1.82) is 0 Å². The zero-order valence-corrected chi connectivity index (χ0v) is 12.7. The number of urea groups is 1. The van der Waals surface area contributed by atoms with Gasteiger partial charge in [0.1, 0.15) is 12.1 Å². The molecule has 7 nitrogen and oxygen atoms in total. The van der Waals surface area contributed by atoms with E-state index in [1.165, 1.54) is 4.90 Å². The molecule has 8 heteroatoms. The number of amides is 4. The molecule has 114 valence electrons. The van der Waals surface area contributed by atoms with Gasteiger partial charge in [0.15, 0.2) is 0 Å². The molecule has 1 atom stereocenters. The molecule has 2 rings (SSSR count). The van der Waals surface area contributed by atoms with E-state index in [2.05, 4.69) is 10.6 Å². The van der Waals surface area contributed by atoms with Gasteiger partial charge in [-0.25, -0.2) is 4.79 Å². The molecule has 0 unspecified atom stereocenters. The summed E-state index contributed by atoms with van der Waals surface area (Å²) in [5.41, 5.74) is -0.968. The summed E-state index contributed by atoms with van der Waals surface area (Å²) in [6.45, 7) is 7.32. The van der Waals surface area contributed by atoms with Gasteiger partial charge in [-0.05, 0) is 20.8 Å². The van der Waals surface area contributed by atoms with Gasteiger partial charge < -0.3 is 15.1 Å². The van der Waals surface area contributed by atoms with Crippen molar-refractivity contribution < 1.29 is 14.4 Å². The third-order valence-electron chi connectivity index (χ3n) is 3.81. The quantitative estimate of drug-likeness (QED) is 0.678. The lowest BCUT2D eigenvalue weighted by Gasteiger charge is -2.36. The van der Waals surface area contributed by atoms with E-state index in [0.717, 1.165) is 13.1 Å². The summed E-state index contributed by atoms with van der Waals surface area (Å²) >= 11 is 0. The van der Waals surface area contributed by atoms with Gasteiger partial charge in [0.2, 0.25) is 5.91 Å². The van der Waals surface area contributed by atoms with E-state index in [4.69, 9.17) is 0 Å². The second-order valence-corrected chi connectivity index (χ2v) is 5.54. The molecule has 0 radical (unpaired) electrons. The van der Waals surface area contributed by atoms with E-state index in [1.54, 1.807) is 18.7 Å². The molecule has 20 heavy (non-hydrogen) atoms. The van der Waals surface area contributed by atoms with Crippen LogP contribution in [0.15, 0.2) is 0 Å². The molecule has 2 fully saturated rings. The summed E-state index contributed by atoms with van der Waals surface area (Å²) in [5, 5.41) is 5.45. The number of carbonyl (C=O) groups is 3. The van der Waals surface area contributed by atoms with Crippen LogP contribution in [0.5, 0.6) is 0 Å². The highest BCUT2D eigenvalue weighted by molar-refractivity contribution is 6.07. The monoisotopic (exact) mass is 304 g/mol. The first-order valence-corrected chi connectivity index (χ1v) is 6.47. The summed E-state index contributed by atoms with van der Waals surface area (Å²) < 4.78 is 0. The maximum atomic E-state index is 12.3. The molecule has 4 amide bonds. The van der Waals surface area contributed by atoms with Crippen LogP contribution < -0.4 is 10.6 Å². The lowest BCUT2D eigenvalue weighted by atomic mass is 10.0. The molecule has 0 aliphatic carbocycles. The third kappa shape index (κ3) is 2.88. The summed E-state index contributed by atoms with van der Waals surface area (Å²) in [6.07, 6.45) is 0. The standard InChI is InChI=1S/C12H20N4O3.ClH/c1-8-6-13-4-5-15(8)9(17)7-16-11(19)14-10(18)12(16,2)3;/h8,13H,4-7H2,1-3H3,(H,14,18,19);1H/t8-;/m1./s1. The van der Waals surface area contributed by atoms with E-state index in [9.17, 15) is 14.4 Å². The van der Waals surface area contributed by atoms with Crippen molar-refractivity contribution in [3.8, 4) is 0 Å². The number of nitrogens with zero attached hydrogens (tertiary/aromatic N) is 2. The third-order valence-corrected chi connectivity index (χ3v) is 3.81. The average Bonchev–Trinajstić information content (AvgIpc) is 2.52. The maximum Gasteiger partial charge on any atom is 0.325 e. The lowest BCUT2D eigenvalue weighted by molar-refractivity contribution is -0.136. The van der Waals surface area contributed by atoms with E-state index < -0.39 is 11.6 Å². The number of imide groups is 1. The Labute approximate surface area is 124 Å². The molecule has 0 bridgehead atoms. The van der Waals surface area contributed by atoms with Gasteiger partial charge >= 0.3 is 6.03 Å². The van der Waals surface area contributed by atoms with Crippen molar-refractivity contribution in [2.24, 2.45) is 0 Å². The molecule has 2 aliphatic rings. The number of rotatable bonds is 2.